The van der Waals surface area contributed by atoms with E-state index in [0.29, 0.717) is 23.8 Å². The largest absolute Gasteiger partial charge is 0.489 e. The van der Waals surface area contributed by atoms with Crippen LogP contribution in [-0.4, -0.2) is 50.6 Å². The maximum absolute atomic E-state index is 12.4. The molecule has 2 N–H and O–H groups in total. The number of hydrogen-bond acceptors (Lipinski definition) is 4. The monoisotopic (exact) mass is 289 g/mol. The molecule has 114 valence electrons. The lowest BCUT2D eigenvalue weighted by molar-refractivity contribution is 0.0935. The van der Waals surface area contributed by atoms with E-state index in [0.717, 1.165) is 44.7 Å². The Balaban J connectivity index is 1.61. The van der Waals surface area contributed by atoms with Crippen LogP contribution >= 0.6 is 0 Å². The topological polar surface area (TPSA) is 53.6 Å². The van der Waals surface area contributed by atoms with Gasteiger partial charge >= 0.3 is 0 Å². The number of nitrogens with one attached hydrogen (secondary N) is 2. The maximum atomic E-state index is 12.4. The lowest BCUT2D eigenvalue weighted by atomic mass is 9.97. The van der Waals surface area contributed by atoms with Crippen LogP contribution in [-0.2, 0) is 0 Å². The van der Waals surface area contributed by atoms with E-state index in [1.807, 2.05) is 18.2 Å². The SMILES string of the molecule is CN1CCC(CNC(=O)c2cccc3c2OCCN3)CC1. The van der Waals surface area contributed by atoms with Gasteiger partial charge in [0.1, 0.15) is 6.61 Å². The van der Waals surface area contributed by atoms with E-state index in [4.69, 9.17) is 4.74 Å². The highest BCUT2D eigenvalue weighted by Gasteiger charge is 2.21. The summed E-state index contributed by atoms with van der Waals surface area (Å²) in [5.74, 6) is 1.24. The highest BCUT2D eigenvalue weighted by molar-refractivity contribution is 5.98. The van der Waals surface area contributed by atoms with Gasteiger partial charge in [-0.25, -0.2) is 0 Å². The van der Waals surface area contributed by atoms with Crippen molar-refractivity contribution in [3.8, 4) is 5.75 Å². The van der Waals surface area contributed by atoms with Crippen molar-refractivity contribution in [2.24, 2.45) is 5.92 Å². The molecule has 5 heteroatoms. The van der Waals surface area contributed by atoms with Gasteiger partial charge < -0.3 is 20.3 Å². The van der Waals surface area contributed by atoms with Crippen LogP contribution in [0.3, 0.4) is 0 Å². The third kappa shape index (κ3) is 3.29. The summed E-state index contributed by atoms with van der Waals surface area (Å²) >= 11 is 0. The molecule has 5 nitrogen and oxygen atoms in total. The molecule has 0 radical (unpaired) electrons. The summed E-state index contributed by atoms with van der Waals surface area (Å²) in [6, 6.07) is 5.67. The second-order valence-corrected chi connectivity index (χ2v) is 5.91. The van der Waals surface area contributed by atoms with Crippen LogP contribution in [0.15, 0.2) is 18.2 Å². The van der Waals surface area contributed by atoms with Gasteiger partial charge in [0, 0.05) is 13.1 Å². The molecule has 0 bridgehead atoms. The zero-order valence-electron chi connectivity index (χ0n) is 12.5. The predicted octanol–water partition coefficient (Wildman–Crippen LogP) is 1.56. The highest BCUT2D eigenvalue weighted by Crippen LogP contribution is 2.31. The second-order valence-electron chi connectivity index (χ2n) is 5.91. The van der Waals surface area contributed by atoms with E-state index in [9.17, 15) is 4.79 Å². The zero-order chi connectivity index (χ0) is 14.7. The first kappa shape index (κ1) is 14.2. The first-order chi connectivity index (χ1) is 10.2. The summed E-state index contributed by atoms with van der Waals surface area (Å²) in [5, 5.41) is 6.33. The number of fused-ring (bicyclic) bond motifs is 1. The van der Waals surface area contributed by atoms with Crippen LogP contribution in [0.5, 0.6) is 5.75 Å². The van der Waals surface area contributed by atoms with Crippen LogP contribution < -0.4 is 15.4 Å². The fourth-order valence-electron chi connectivity index (χ4n) is 2.95. The zero-order valence-corrected chi connectivity index (χ0v) is 12.5. The van der Waals surface area contributed by atoms with Gasteiger partial charge in [0.05, 0.1) is 11.3 Å². The average molecular weight is 289 g/mol. The molecule has 1 aromatic carbocycles. The van der Waals surface area contributed by atoms with Crippen molar-refractivity contribution in [1.29, 1.82) is 0 Å². The fraction of sp³-hybridized carbons (Fsp3) is 0.562. The molecule has 3 rings (SSSR count). The van der Waals surface area contributed by atoms with Crippen LogP contribution in [0.25, 0.3) is 0 Å². The lowest BCUT2D eigenvalue weighted by Crippen LogP contribution is -2.37. The molecule has 0 aliphatic carbocycles. The summed E-state index contributed by atoms with van der Waals surface area (Å²) in [6.07, 6.45) is 2.31. The standard InChI is InChI=1S/C16H23N3O2/c1-19-8-5-12(6-9-19)11-18-16(20)13-3-2-4-14-15(13)21-10-7-17-14/h2-4,12,17H,5-11H2,1H3,(H,18,20). The number of anilines is 1. The van der Waals surface area contributed by atoms with Crippen molar-refractivity contribution in [3.63, 3.8) is 0 Å². The smallest absolute Gasteiger partial charge is 0.255 e. The van der Waals surface area contributed by atoms with Gasteiger partial charge in [0.2, 0.25) is 0 Å². The summed E-state index contributed by atoms with van der Waals surface area (Å²) in [5.41, 5.74) is 1.54. The van der Waals surface area contributed by atoms with Crippen molar-refractivity contribution in [1.82, 2.24) is 10.2 Å². The van der Waals surface area contributed by atoms with Crippen LogP contribution in [0, 0.1) is 5.92 Å². The minimum Gasteiger partial charge on any atom is -0.489 e. The van der Waals surface area contributed by atoms with E-state index in [-0.39, 0.29) is 5.91 Å². The molecule has 2 aliphatic heterocycles. The summed E-state index contributed by atoms with van der Waals surface area (Å²) in [6.45, 7) is 4.38. The molecule has 1 amide bonds. The van der Waals surface area contributed by atoms with Crippen molar-refractivity contribution in [3.05, 3.63) is 23.8 Å². The third-order valence-corrected chi connectivity index (χ3v) is 4.31. The van der Waals surface area contributed by atoms with Gasteiger partial charge in [-0.3, -0.25) is 4.79 Å². The summed E-state index contributed by atoms with van der Waals surface area (Å²) in [7, 11) is 2.15. The van der Waals surface area contributed by atoms with Gasteiger partial charge in [0.25, 0.3) is 5.91 Å². The van der Waals surface area contributed by atoms with E-state index in [2.05, 4.69) is 22.6 Å². The van der Waals surface area contributed by atoms with Gasteiger partial charge in [-0.1, -0.05) is 6.07 Å². The molecule has 1 fully saturated rings. The molecular weight excluding hydrogens is 266 g/mol. The van der Waals surface area contributed by atoms with Crippen LogP contribution in [0.2, 0.25) is 0 Å². The Morgan fingerprint density at radius 3 is 3.05 bits per heavy atom. The summed E-state index contributed by atoms with van der Waals surface area (Å²) in [4.78, 5) is 14.7. The fourth-order valence-corrected chi connectivity index (χ4v) is 2.95. The van der Waals surface area contributed by atoms with Gasteiger partial charge in [-0.2, -0.15) is 0 Å². The van der Waals surface area contributed by atoms with E-state index < -0.39 is 0 Å². The van der Waals surface area contributed by atoms with Crippen molar-refractivity contribution in [2.75, 3.05) is 45.2 Å². The Morgan fingerprint density at radius 2 is 2.24 bits per heavy atom. The first-order valence-corrected chi connectivity index (χ1v) is 7.70. The number of hydrogen-bond donors (Lipinski definition) is 2. The molecule has 1 saturated heterocycles. The number of rotatable bonds is 3. The number of carbonyl (C=O) groups excluding carboxylic acids is 1. The normalized spacial score (nSPS) is 19.3. The first-order valence-electron chi connectivity index (χ1n) is 7.70. The molecule has 0 saturated carbocycles. The quantitative estimate of drug-likeness (QED) is 0.887. The number of piperidine rings is 1. The third-order valence-electron chi connectivity index (χ3n) is 4.31. The Hall–Kier alpha value is -1.75. The minimum atomic E-state index is -0.0329. The molecule has 0 aromatic heterocycles. The highest BCUT2D eigenvalue weighted by atomic mass is 16.5. The van der Waals surface area contributed by atoms with Crippen molar-refractivity contribution in [2.45, 2.75) is 12.8 Å². The van der Waals surface area contributed by atoms with Gasteiger partial charge in [-0.15, -0.1) is 0 Å². The number of benzene rings is 1. The number of ether oxygens (including phenoxy) is 1. The number of nitrogens with zero attached hydrogens (tertiary/aromatic N) is 1. The number of amides is 1. The Bertz CT molecular complexity index is 510. The van der Waals surface area contributed by atoms with E-state index in [1.54, 1.807) is 0 Å². The molecule has 0 unspecified atom stereocenters. The van der Waals surface area contributed by atoms with Crippen LogP contribution in [0.4, 0.5) is 5.69 Å². The van der Waals surface area contributed by atoms with Crippen LogP contribution in [0.1, 0.15) is 23.2 Å². The lowest BCUT2D eigenvalue weighted by Gasteiger charge is -2.29. The predicted molar refractivity (Wildman–Crippen MR) is 83.0 cm³/mol. The number of para-hydroxylation sites is 1. The van der Waals surface area contributed by atoms with Crippen molar-refractivity contribution >= 4 is 11.6 Å². The number of carbonyl (C=O) groups is 1. The van der Waals surface area contributed by atoms with Gasteiger partial charge in [-0.05, 0) is 51.0 Å². The van der Waals surface area contributed by atoms with E-state index >= 15 is 0 Å². The molecule has 0 spiro atoms. The average Bonchev–Trinajstić information content (AvgIpc) is 2.53. The Morgan fingerprint density at radius 1 is 1.43 bits per heavy atom. The van der Waals surface area contributed by atoms with E-state index in [1.165, 1.54) is 0 Å². The molecular formula is C16H23N3O2. The second kappa shape index (κ2) is 6.35. The molecule has 21 heavy (non-hydrogen) atoms. The molecule has 2 heterocycles. The minimum absolute atomic E-state index is 0.0329. The maximum Gasteiger partial charge on any atom is 0.255 e. The summed E-state index contributed by atoms with van der Waals surface area (Å²) < 4.78 is 5.65. The molecule has 0 atom stereocenters. The molecule has 2 aliphatic rings. The van der Waals surface area contributed by atoms with Crippen molar-refractivity contribution < 1.29 is 9.53 Å². The Kier molecular flexibility index (Phi) is 4.29. The Labute approximate surface area is 125 Å². The van der Waals surface area contributed by atoms with Gasteiger partial charge in [0.15, 0.2) is 5.75 Å². The molecule has 1 aromatic rings. The number of likely N-dealkylation sites (tertiary alicyclic amines) is 1.